The molecule has 1 fully saturated rings. The standard InChI is InChI=1S/C17H22ClNO5/c1-12-8-13(18)4-5-14(12)24-9-15(20)19-7-3-6-17(10-19,11-23-2)16(21)22/h4-5,8H,3,6-7,9-11H2,1-2H3,(H,21,22). The maximum Gasteiger partial charge on any atom is 0.313 e. The second kappa shape index (κ2) is 7.85. The van der Waals surface area contributed by atoms with Gasteiger partial charge in [-0.2, -0.15) is 0 Å². The van der Waals surface area contributed by atoms with Gasteiger partial charge in [-0.05, 0) is 43.5 Å². The van der Waals surface area contributed by atoms with Crippen molar-refractivity contribution in [3.63, 3.8) is 0 Å². The molecule has 1 saturated heterocycles. The highest BCUT2D eigenvalue weighted by molar-refractivity contribution is 6.30. The van der Waals surface area contributed by atoms with Crippen molar-refractivity contribution in [2.45, 2.75) is 19.8 Å². The van der Waals surface area contributed by atoms with Gasteiger partial charge in [-0.15, -0.1) is 0 Å². The highest BCUT2D eigenvalue weighted by Crippen LogP contribution is 2.31. The molecule has 24 heavy (non-hydrogen) atoms. The van der Waals surface area contributed by atoms with E-state index < -0.39 is 11.4 Å². The van der Waals surface area contributed by atoms with Crippen molar-refractivity contribution >= 4 is 23.5 Å². The number of carbonyl (C=O) groups is 2. The van der Waals surface area contributed by atoms with Gasteiger partial charge in [-0.25, -0.2) is 0 Å². The maximum absolute atomic E-state index is 12.4. The van der Waals surface area contributed by atoms with Gasteiger partial charge in [0.1, 0.15) is 11.2 Å². The topological polar surface area (TPSA) is 76.1 Å². The fourth-order valence-corrected chi connectivity index (χ4v) is 3.21. The molecule has 2 rings (SSSR count). The van der Waals surface area contributed by atoms with E-state index in [1.165, 1.54) is 7.11 Å². The van der Waals surface area contributed by atoms with Gasteiger partial charge in [0, 0.05) is 25.2 Å². The Morgan fingerprint density at radius 2 is 2.17 bits per heavy atom. The predicted octanol–water partition coefficient (Wildman–Crippen LogP) is 2.37. The van der Waals surface area contributed by atoms with Crippen LogP contribution in [-0.4, -0.2) is 55.3 Å². The van der Waals surface area contributed by atoms with Gasteiger partial charge >= 0.3 is 5.97 Å². The van der Waals surface area contributed by atoms with Crippen LogP contribution in [0, 0.1) is 12.3 Å². The van der Waals surface area contributed by atoms with Gasteiger partial charge in [0.25, 0.3) is 5.91 Å². The molecule has 1 aliphatic heterocycles. The van der Waals surface area contributed by atoms with Crippen molar-refractivity contribution in [3.05, 3.63) is 28.8 Å². The Morgan fingerprint density at radius 3 is 2.79 bits per heavy atom. The van der Waals surface area contributed by atoms with Gasteiger partial charge in [-0.3, -0.25) is 9.59 Å². The zero-order valence-electron chi connectivity index (χ0n) is 13.9. The first-order valence-corrected chi connectivity index (χ1v) is 8.15. The summed E-state index contributed by atoms with van der Waals surface area (Å²) in [6, 6.07) is 5.17. The lowest BCUT2D eigenvalue weighted by Crippen LogP contribution is -2.53. The molecule has 132 valence electrons. The summed E-state index contributed by atoms with van der Waals surface area (Å²) in [5, 5.41) is 10.1. The van der Waals surface area contributed by atoms with Crippen molar-refractivity contribution in [3.8, 4) is 5.75 Å². The van der Waals surface area contributed by atoms with E-state index in [4.69, 9.17) is 21.1 Å². The first-order valence-electron chi connectivity index (χ1n) is 7.77. The molecule has 1 aliphatic rings. The van der Waals surface area contributed by atoms with E-state index in [0.717, 1.165) is 5.56 Å². The molecule has 7 heteroatoms. The van der Waals surface area contributed by atoms with Crippen molar-refractivity contribution in [2.24, 2.45) is 5.41 Å². The molecule has 1 N–H and O–H groups in total. The maximum atomic E-state index is 12.4. The lowest BCUT2D eigenvalue weighted by Gasteiger charge is -2.39. The van der Waals surface area contributed by atoms with Crippen LogP contribution >= 0.6 is 11.6 Å². The third-order valence-electron chi connectivity index (χ3n) is 4.29. The van der Waals surface area contributed by atoms with Crippen LogP contribution in [0.2, 0.25) is 5.02 Å². The summed E-state index contributed by atoms with van der Waals surface area (Å²) in [6.45, 7) is 2.47. The molecule has 1 heterocycles. The van der Waals surface area contributed by atoms with Crippen LogP contribution in [0.3, 0.4) is 0 Å². The number of likely N-dealkylation sites (tertiary alicyclic amines) is 1. The molecule has 0 saturated carbocycles. The number of ether oxygens (including phenoxy) is 2. The lowest BCUT2D eigenvalue weighted by atomic mass is 9.80. The number of aliphatic carboxylic acids is 1. The van der Waals surface area contributed by atoms with E-state index in [1.807, 2.05) is 6.92 Å². The molecular formula is C17H22ClNO5. The molecule has 0 aromatic heterocycles. The smallest absolute Gasteiger partial charge is 0.313 e. The molecule has 0 radical (unpaired) electrons. The number of halogens is 1. The molecule has 0 bridgehead atoms. The van der Waals surface area contributed by atoms with Gasteiger partial charge in [0.15, 0.2) is 6.61 Å². The normalized spacial score (nSPS) is 20.7. The average Bonchev–Trinajstić information content (AvgIpc) is 2.54. The summed E-state index contributed by atoms with van der Waals surface area (Å²) < 4.78 is 10.6. The number of hydrogen-bond acceptors (Lipinski definition) is 4. The summed E-state index contributed by atoms with van der Waals surface area (Å²) in [4.78, 5) is 25.6. The Labute approximate surface area is 146 Å². The number of carboxylic acid groups (broad SMARTS) is 1. The number of carboxylic acids is 1. The van der Waals surface area contributed by atoms with Crippen LogP contribution in [-0.2, 0) is 14.3 Å². The molecule has 0 aliphatic carbocycles. The largest absolute Gasteiger partial charge is 0.483 e. The van der Waals surface area contributed by atoms with Crippen molar-refractivity contribution < 1.29 is 24.2 Å². The number of methoxy groups -OCH3 is 1. The number of hydrogen-bond donors (Lipinski definition) is 1. The number of rotatable bonds is 6. The van der Waals surface area contributed by atoms with E-state index in [2.05, 4.69) is 0 Å². The highest BCUT2D eigenvalue weighted by Gasteiger charge is 2.43. The summed E-state index contributed by atoms with van der Waals surface area (Å²) >= 11 is 5.89. The Balaban J connectivity index is 2.00. The van der Waals surface area contributed by atoms with Crippen LogP contribution < -0.4 is 4.74 Å². The molecule has 0 spiro atoms. The van der Waals surface area contributed by atoms with Gasteiger partial charge in [0.05, 0.1) is 6.61 Å². The zero-order valence-corrected chi connectivity index (χ0v) is 14.6. The van der Waals surface area contributed by atoms with Crippen LogP contribution in [0.5, 0.6) is 5.75 Å². The van der Waals surface area contributed by atoms with Crippen LogP contribution in [0.1, 0.15) is 18.4 Å². The van der Waals surface area contributed by atoms with Gasteiger partial charge in [0.2, 0.25) is 0 Å². The second-order valence-electron chi connectivity index (χ2n) is 6.14. The average molecular weight is 356 g/mol. The third-order valence-corrected chi connectivity index (χ3v) is 4.53. The first kappa shape index (κ1) is 18.5. The van der Waals surface area contributed by atoms with Crippen LogP contribution in [0.4, 0.5) is 0 Å². The van der Waals surface area contributed by atoms with Crippen molar-refractivity contribution in [1.82, 2.24) is 4.90 Å². The molecule has 6 nitrogen and oxygen atoms in total. The number of amides is 1. The number of aryl methyl sites for hydroxylation is 1. The van der Waals surface area contributed by atoms with Crippen LogP contribution in [0.25, 0.3) is 0 Å². The Kier molecular flexibility index (Phi) is 6.07. The minimum absolute atomic E-state index is 0.0866. The number of piperidine rings is 1. The Morgan fingerprint density at radius 1 is 1.42 bits per heavy atom. The van der Waals surface area contributed by atoms with E-state index in [1.54, 1.807) is 23.1 Å². The van der Waals surface area contributed by atoms with Gasteiger partial charge < -0.3 is 19.5 Å². The van der Waals surface area contributed by atoms with E-state index >= 15 is 0 Å². The second-order valence-corrected chi connectivity index (χ2v) is 6.57. The minimum atomic E-state index is -1.04. The summed E-state index contributed by atoms with van der Waals surface area (Å²) in [7, 11) is 1.47. The first-order chi connectivity index (χ1) is 11.4. The molecule has 1 aromatic rings. The third kappa shape index (κ3) is 4.19. The van der Waals surface area contributed by atoms with Gasteiger partial charge in [-0.1, -0.05) is 11.6 Å². The summed E-state index contributed by atoms with van der Waals surface area (Å²) in [5.41, 5.74) is -0.202. The SMILES string of the molecule is COCC1(C(=O)O)CCCN(C(=O)COc2ccc(Cl)cc2C)C1. The van der Waals surface area contributed by atoms with Crippen molar-refractivity contribution in [2.75, 3.05) is 33.4 Å². The fraction of sp³-hybridized carbons (Fsp3) is 0.529. The lowest BCUT2D eigenvalue weighted by molar-refractivity contribution is -0.159. The number of carbonyl (C=O) groups excluding carboxylic acids is 1. The molecule has 1 unspecified atom stereocenters. The fourth-order valence-electron chi connectivity index (χ4n) is 2.98. The monoisotopic (exact) mass is 355 g/mol. The molecule has 1 amide bonds. The summed E-state index contributed by atoms with van der Waals surface area (Å²) in [5.74, 6) is -0.576. The minimum Gasteiger partial charge on any atom is -0.483 e. The summed E-state index contributed by atoms with van der Waals surface area (Å²) in [6.07, 6.45) is 1.12. The van der Waals surface area contributed by atoms with Crippen LogP contribution in [0.15, 0.2) is 18.2 Å². The number of benzene rings is 1. The number of nitrogens with zero attached hydrogens (tertiary/aromatic N) is 1. The highest BCUT2D eigenvalue weighted by atomic mass is 35.5. The van der Waals surface area contributed by atoms with E-state index in [-0.39, 0.29) is 25.7 Å². The Hall–Kier alpha value is -1.79. The Bertz CT molecular complexity index is 617. The molecule has 1 aromatic carbocycles. The van der Waals surface area contributed by atoms with Crippen molar-refractivity contribution in [1.29, 1.82) is 0 Å². The van der Waals surface area contributed by atoms with E-state index in [9.17, 15) is 14.7 Å². The van der Waals surface area contributed by atoms with E-state index in [0.29, 0.717) is 30.2 Å². The zero-order chi connectivity index (χ0) is 17.7. The quantitative estimate of drug-likeness (QED) is 0.847. The molecule has 1 atom stereocenters. The predicted molar refractivity (Wildman–Crippen MR) is 89.4 cm³/mol. The molecular weight excluding hydrogens is 334 g/mol.